The van der Waals surface area contributed by atoms with E-state index >= 15 is 0 Å². The van der Waals surface area contributed by atoms with Crippen molar-refractivity contribution < 1.29 is 5.11 Å². The first-order chi connectivity index (χ1) is 8.06. The summed E-state index contributed by atoms with van der Waals surface area (Å²) in [6, 6.07) is 4.20. The van der Waals surface area contributed by atoms with Gasteiger partial charge in [0.2, 0.25) is 0 Å². The predicted molar refractivity (Wildman–Crippen MR) is 68.0 cm³/mol. The Labute approximate surface area is 103 Å². The Bertz CT molecular complexity index is 392. The monoisotopic (exact) mass is 235 g/mol. The molecule has 1 unspecified atom stereocenters. The Kier molecular flexibility index (Phi) is 3.64. The molecule has 1 N–H and O–H groups in total. The largest absolute Gasteiger partial charge is 0.506 e. The molecule has 0 radical (unpaired) electrons. The van der Waals surface area contributed by atoms with Gasteiger partial charge in [-0.3, -0.25) is 9.88 Å². The molecule has 4 nitrogen and oxygen atoms in total. The van der Waals surface area contributed by atoms with Gasteiger partial charge < -0.3 is 10.0 Å². The van der Waals surface area contributed by atoms with Gasteiger partial charge >= 0.3 is 0 Å². The smallest absolute Gasteiger partial charge is 0.138 e. The maximum absolute atomic E-state index is 9.77. The summed E-state index contributed by atoms with van der Waals surface area (Å²) in [5, 5.41) is 9.77. The van der Waals surface area contributed by atoms with Crippen LogP contribution in [0.4, 0.5) is 0 Å². The zero-order chi connectivity index (χ0) is 12.4. The Balaban J connectivity index is 2.00. The first-order valence-electron chi connectivity index (χ1n) is 6.10. The predicted octanol–water partition coefficient (Wildman–Crippen LogP) is 1.23. The zero-order valence-electron chi connectivity index (χ0n) is 10.8. The molecule has 0 amide bonds. The third kappa shape index (κ3) is 2.96. The third-order valence-electron chi connectivity index (χ3n) is 3.44. The van der Waals surface area contributed by atoms with Gasteiger partial charge in [-0.15, -0.1) is 0 Å². The van der Waals surface area contributed by atoms with Crippen LogP contribution in [0.3, 0.4) is 0 Å². The summed E-state index contributed by atoms with van der Waals surface area (Å²) in [7, 11) is 4.24. The van der Waals surface area contributed by atoms with Crippen molar-refractivity contribution in [3.8, 4) is 5.75 Å². The molecule has 2 rings (SSSR count). The summed E-state index contributed by atoms with van der Waals surface area (Å²) < 4.78 is 0. The molecule has 1 saturated heterocycles. The molecule has 1 aliphatic heterocycles. The van der Waals surface area contributed by atoms with Gasteiger partial charge in [0.1, 0.15) is 5.75 Å². The van der Waals surface area contributed by atoms with Gasteiger partial charge in [-0.05, 0) is 39.6 Å². The van der Waals surface area contributed by atoms with Crippen LogP contribution in [0.1, 0.15) is 17.8 Å². The molecule has 0 spiro atoms. The fraction of sp³-hybridized carbons (Fsp3) is 0.615. The number of aromatic hydroxyl groups is 1. The summed E-state index contributed by atoms with van der Waals surface area (Å²) in [6.45, 7) is 4.84. The molecule has 4 heteroatoms. The molecule has 1 aliphatic rings. The number of hydrogen-bond acceptors (Lipinski definition) is 4. The molecular formula is C13H21N3O. The van der Waals surface area contributed by atoms with E-state index in [1.807, 2.05) is 13.0 Å². The van der Waals surface area contributed by atoms with Crippen LogP contribution in [0.15, 0.2) is 12.1 Å². The lowest BCUT2D eigenvalue weighted by atomic mass is 10.2. The average molecular weight is 235 g/mol. The Morgan fingerprint density at radius 2 is 2.24 bits per heavy atom. The van der Waals surface area contributed by atoms with Crippen LogP contribution in [0.25, 0.3) is 0 Å². The molecule has 0 bridgehead atoms. The van der Waals surface area contributed by atoms with Crippen LogP contribution in [-0.4, -0.2) is 53.1 Å². The second kappa shape index (κ2) is 5.02. The number of likely N-dealkylation sites (N-methyl/N-ethyl adjacent to an activating group) is 1. The van der Waals surface area contributed by atoms with E-state index in [2.05, 4.69) is 28.9 Å². The van der Waals surface area contributed by atoms with Crippen molar-refractivity contribution in [3.05, 3.63) is 23.5 Å². The van der Waals surface area contributed by atoms with Crippen LogP contribution >= 0.6 is 0 Å². The van der Waals surface area contributed by atoms with Crippen molar-refractivity contribution in [1.82, 2.24) is 14.8 Å². The van der Waals surface area contributed by atoms with Crippen LogP contribution in [0.2, 0.25) is 0 Å². The van der Waals surface area contributed by atoms with Gasteiger partial charge in [-0.1, -0.05) is 0 Å². The highest BCUT2D eigenvalue weighted by Crippen LogP contribution is 2.20. The summed E-state index contributed by atoms with van der Waals surface area (Å²) in [4.78, 5) is 9.02. The van der Waals surface area contributed by atoms with E-state index in [0.717, 1.165) is 31.0 Å². The highest BCUT2D eigenvalue weighted by Gasteiger charge is 2.24. The van der Waals surface area contributed by atoms with E-state index < -0.39 is 0 Å². The number of nitrogens with zero attached hydrogens (tertiary/aromatic N) is 3. The average Bonchev–Trinajstić information content (AvgIpc) is 2.72. The van der Waals surface area contributed by atoms with Crippen molar-refractivity contribution in [2.75, 3.05) is 27.2 Å². The highest BCUT2D eigenvalue weighted by atomic mass is 16.3. The number of likely N-dealkylation sites (tertiary alicyclic amines) is 1. The molecular weight excluding hydrogens is 214 g/mol. The van der Waals surface area contributed by atoms with Gasteiger partial charge in [0.05, 0.1) is 5.69 Å². The van der Waals surface area contributed by atoms with Gasteiger partial charge in [-0.2, -0.15) is 0 Å². The summed E-state index contributed by atoms with van der Waals surface area (Å²) in [5.41, 5.74) is 1.76. The lowest BCUT2D eigenvalue weighted by Crippen LogP contribution is -2.31. The number of aryl methyl sites for hydroxylation is 1. The van der Waals surface area contributed by atoms with E-state index in [1.165, 1.54) is 6.42 Å². The SMILES string of the molecule is Cc1ccc(O)c(CN2CCC(N(C)C)C2)n1. The molecule has 2 heterocycles. The minimum atomic E-state index is 0.309. The first-order valence-corrected chi connectivity index (χ1v) is 6.10. The summed E-state index contributed by atoms with van der Waals surface area (Å²) in [6.07, 6.45) is 1.19. The van der Waals surface area contributed by atoms with Crippen molar-refractivity contribution in [3.63, 3.8) is 0 Å². The maximum atomic E-state index is 9.77. The Hall–Kier alpha value is -1.13. The van der Waals surface area contributed by atoms with Crippen LogP contribution in [0, 0.1) is 6.92 Å². The highest BCUT2D eigenvalue weighted by molar-refractivity contribution is 5.27. The molecule has 94 valence electrons. The normalized spacial score (nSPS) is 21.3. The Morgan fingerprint density at radius 3 is 2.88 bits per heavy atom. The van der Waals surface area contributed by atoms with Gasteiger partial charge in [0.25, 0.3) is 0 Å². The number of rotatable bonds is 3. The molecule has 17 heavy (non-hydrogen) atoms. The molecule has 1 atom stereocenters. The fourth-order valence-electron chi connectivity index (χ4n) is 2.31. The van der Waals surface area contributed by atoms with Crippen LogP contribution in [-0.2, 0) is 6.54 Å². The number of hydrogen-bond donors (Lipinski definition) is 1. The zero-order valence-corrected chi connectivity index (χ0v) is 10.8. The second-order valence-corrected chi connectivity index (χ2v) is 5.06. The van der Waals surface area contributed by atoms with Crippen LogP contribution < -0.4 is 0 Å². The molecule has 1 fully saturated rings. The topological polar surface area (TPSA) is 39.6 Å². The van der Waals surface area contributed by atoms with Crippen molar-refractivity contribution in [2.24, 2.45) is 0 Å². The standard InChI is InChI=1S/C13H21N3O/c1-10-4-5-13(17)12(14-10)9-16-7-6-11(8-16)15(2)3/h4-5,11,17H,6-9H2,1-3H3. The lowest BCUT2D eigenvalue weighted by Gasteiger charge is -2.20. The minimum absolute atomic E-state index is 0.309. The molecule has 0 saturated carbocycles. The van der Waals surface area contributed by atoms with Crippen molar-refractivity contribution in [1.29, 1.82) is 0 Å². The van der Waals surface area contributed by atoms with E-state index in [0.29, 0.717) is 11.8 Å². The van der Waals surface area contributed by atoms with E-state index in [9.17, 15) is 5.11 Å². The summed E-state index contributed by atoms with van der Waals surface area (Å²) in [5.74, 6) is 0.309. The van der Waals surface area contributed by atoms with Crippen LogP contribution in [0.5, 0.6) is 5.75 Å². The molecule has 0 aromatic carbocycles. The van der Waals surface area contributed by atoms with Crippen molar-refractivity contribution >= 4 is 0 Å². The quantitative estimate of drug-likeness (QED) is 0.855. The van der Waals surface area contributed by atoms with Gasteiger partial charge in [-0.25, -0.2) is 0 Å². The maximum Gasteiger partial charge on any atom is 0.138 e. The van der Waals surface area contributed by atoms with E-state index in [-0.39, 0.29) is 0 Å². The van der Waals surface area contributed by atoms with E-state index in [4.69, 9.17) is 0 Å². The molecule has 1 aromatic heterocycles. The molecule has 1 aromatic rings. The lowest BCUT2D eigenvalue weighted by molar-refractivity contribution is 0.261. The second-order valence-electron chi connectivity index (χ2n) is 5.06. The number of aromatic nitrogens is 1. The fourth-order valence-corrected chi connectivity index (χ4v) is 2.31. The first kappa shape index (κ1) is 12.3. The van der Waals surface area contributed by atoms with Crippen molar-refractivity contribution in [2.45, 2.75) is 25.9 Å². The van der Waals surface area contributed by atoms with Gasteiger partial charge in [0.15, 0.2) is 0 Å². The molecule has 0 aliphatic carbocycles. The third-order valence-corrected chi connectivity index (χ3v) is 3.44. The summed E-state index contributed by atoms with van der Waals surface area (Å²) >= 11 is 0. The number of pyridine rings is 1. The Morgan fingerprint density at radius 1 is 1.47 bits per heavy atom. The van der Waals surface area contributed by atoms with E-state index in [1.54, 1.807) is 6.07 Å². The minimum Gasteiger partial charge on any atom is -0.506 e. The van der Waals surface area contributed by atoms with Gasteiger partial charge in [0, 0.05) is 31.4 Å².